The molecule has 248 valence electrons. The van der Waals surface area contributed by atoms with Crippen LogP contribution in [0, 0.1) is 17.9 Å². The van der Waals surface area contributed by atoms with Gasteiger partial charge in [-0.3, -0.25) is 0 Å². The van der Waals surface area contributed by atoms with E-state index < -0.39 is 0 Å². The molecule has 0 spiro atoms. The maximum atomic E-state index is 10.8. The molecule has 9 rings (SSSR count). The first-order chi connectivity index (χ1) is 26.2. The molecule has 0 fully saturated rings. The van der Waals surface area contributed by atoms with Crippen LogP contribution in [0.1, 0.15) is 5.56 Å². The Hall–Kier alpha value is -7.60. The van der Waals surface area contributed by atoms with Crippen molar-refractivity contribution in [3.63, 3.8) is 0 Å². The third kappa shape index (κ3) is 5.42. The molecule has 0 aliphatic carbocycles. The van der Waals surface area contributed by atoms with Gasteiger partial charge in [-0.1, -0.05) is 115 Å². The van der Waals surface area contributed by atoms with Crippen molar-refractivity contribution in [1.29, 1.82) is 5.26 Å². The summed E-state index contributed by atoms with van der Waals surface area (Å²) in [4.78, 5) is 8.48. The highest BCUT2D eigenvalue weighted by molar-refractivity contribution is 6.11. The van der Waals surface area contributed by atoms with Gasteiger partial charge in [0.1, 0.15) is 6.07 Å². The first-order valence-electron chi connectivity index (χ1n) is 17.5. The number of hydrogen-bond donors (Lipinski definition) is 0. The predicted molar refractivity (Wildman–Crippen MR) is 219 cm³/mol. The number of fused-ring (bicyclic) bond motifs is 4. The Balaban J connectivity index is 1.33. The summed E-state index contributed by atoms with van der Waals surface area (Å²) in [6.07, 6.45) is 0. The Bertz CT molecular complexity index is 2770. The summed E-state index contributed by atoms with van der Waals surface area (Å²) in [6, 6.07) is 66.3. The van der Waals surface area contributed by atoms with Gasteiger partial charge in [-0.2, -0.15) is 5.26 Å². The van der Waals surface area contributed by atoms with E-state index in [0.717, 1.165) is 61.0 Å². The number of nitrogens with zero attached hydrogens (tertiary/aromatic N) is 5. The molecule has 53 heavy (non-hydrogen) atoms. The second-order valence-electron chi connectivity index (χ2n) is 12.8. The predicted octanol–water partition coefficient (Wildman–Crippen LogP) is 13.3. The minimum atomic E-state index is 0.438. The molecule has 5 nitrogen and oxygen atoms in total. The molecule has 0 saturated carbocycles. The number of anilines is 6. The monoisotopic (exact) mass is 677 g/mol. The largest absolute Gasteiger partial charge is 0.318 e. The Morgan fingerprint density at radius 2 is 0.962 bits per heavy atom. The first-order valence-corrected chi connectivity index (χ1v) is 17.5. The van der Waals surface area contributed by atoms with Crippen LogP contribution in [0.25, 0.3) is 43.1 Å². The number of hydrogen-bond acceptors (Lipinski definition) is 3. The van der Waals surface area contributed by atoms with Crippen LogP contribution in [0.4, 0.5) is 39.8 Å². The fourth-order valence-corrected chi connectivity index (χ4v) is 7.43. The van der Waals surface area contributed by atoms with Crippen molar-refractivity contribution in [3.05, 3.63) is 205 Å². The van der Waals surface area contributed by atoms with E-state index in [9.17, 15) is 5.26 Å². The van der Waals surface area contributed by atoms with E-state index in [-0.39, 0.29) is 0 Å². The van der Waals surface area contributed by atoms with Crippen LogP contribution in [0.5, 0.6) is 0 Å². The quantitative estimate of drug-likeness (QED) is 0.158. The molecule has 0 aliphatic heterocycles. The lowest BCUT2D eigenvalue weighted by atomic mass is 10.0. The molecule has 0 amide bonds. The van der Waals surface area contributed by atoms with Gasteiger partial charge in [0.15, 0.2) is 0 Å². The van der Waals surface area contributed by atoms with Crippen LogP contribution >= 0.6 is 0 Å². The van der Waals surface area contributed by atoms with Crippen LogP contribution < -0.4 is 9.80 Å². The first kappa shape index (κ1) is 31.4. The standard InChI is InChI=1S/C48H31N5/c1-50-44-31-25-36(33-49)47(53-45-22-12-10-20-42(45)43-21-11-13-23-46(43)53)48(44)52(41-26-24-34-14-8-9-15-35(34)32-41)40-29-27-39(28-30-40)51(37-16-4-2-5-17-37)38-18-6-3-7-19-38/h2-32H. The second kappa shape index (κ2) is 13.3. The molecule has 1 aromatic heterocycles. The summed E-state index contributed by atoms with van der Waals surface area (Å²) in [5.74, 6) is 0. The normalized spacial score (nSPS) is 11.0. The highest BCUT2D eigenvalue weighted by atomic mass is 15.2. The van der Waals surface area contributed by atoms with Crippen LogP contribution in [0.15, 0.2) is 188 Å². The van der Waals surface area contributed by atoms with Crippen LogP contribution in [-0.4, -0.2) is 4.57 Å². The molecule has 8 aromatic carbocycles. The van der Waals surface area contributed by atoms with E-state index in [1.54, 1.807) is 12.1 Å². The molecule has 9 aromatic rings. The lowest BCUT2D eigenvalue weighted by Crippen LogP contribution is -2.15. The van der Waals surface area contributed by atoms with Gasteiger partial charge in [0.2, 0.25) is 5.69 Å². The fourth-order valence-electron chi connectivity index (χ4n) is 7.43. The zero-order valence-electron chi connectivity index (χ0n) is 28.6. The Labute approximate surface area is 307 Å². The van der Waals surface area contributed by atoms with E-state index >= 15 is 0 Å². The van der Waals surface area contributed by atoms with Crippen LogP contribution in [0.3, 0.4) is 0 Å². The van der Waals surface area contributed by atoms with E-state index in [4.69, 9.17) is 6.57 Å². The van der Waals surface area contributed by atoms with E-state index in [1.807, 2.05) is 72.8 Å². The number of para-hydroxylation sites is 4. The second-order valence-corrected chi connectivity index (χ2v) is 12.8. The molecule has 0 unspecified atom stereocenters. The van der Waals surface area contributed by atoms with Crippen molar-refractivity contribution in [2.45, 2.75) is 0 Å². The van der Waals surface area contributed by atoms with Gasteiger partial charge in [0, 0.05) is 39.2 Å². The molecule has 5 heteroatoms. The summed E-state index contributed by atoms with van der Waals surface area (Å²) < 4.78 is 2.15. The van der Waals surface area contributed by atoms with Crippen molar-refractivity contribution < 1.29 is 0 Å². The summed E-state index contributed by atoms with van der Waals surface area (Å²) >= 11 is 0. The molecule has 0 atom stereocenters. The van der Waals surface area contributed by atoms with Gasteiger partial charge in [0.25, 0.3) is 0 Å². The highest BCUT2D eigenvalue weighted by Crippen LogP contribution is 2.48. The number of aromatic nitrogens is 1. The van der Waals surface area contributed by atoms with E-state index in [0.29, 0.717) is 22.6 Å². The summed E-state index contributed by atoms with van der Waals surface area (Å²) in [7, 11) is 0. The topological polar surface area (TPSA) is 39.6 Å². The van der Waals surface area contributed by atoms with Crippen molar-refractivity contribution in [2.75, 3.05) is 9.80 Å². The summed E-state index contributed by atoms with van der Waals surface area (Å²) in [6.45, 7) is 8.49. The number of rotatable bonds is 7. The Kier molecular flexibility index (Phi) is 7.86. The van der Waals surface area contributed by atoms with Crippen LogP contribution in [0.2, 0.25) is 0 Å². The van der Waals surface area contributed by atoms with Gasteiger partial charge in [-0.05, 0) is 83.6 Å². The van der Waals surface area contributed by atoms with Crippen molar-refractivity contribution >= 4 is 72.4 Å². The molecule has 0 radical (unpaired) electrons. The van der Waals surface area contributed by atoms with Crippen molar-refractivity contribution in [2.24, 2.45) is 0 Å². The number of nitriles is 1. The minimum absolute atomic E-state index is 0.438. The summed E-state index contributed by atoms with van der Waals surface area (Å²) in [5, 5.41) is 15.1. The van der Waals surface area contributed by atoms with Gasteiger partial charge in [0.05, 0.1) is 34.5 Å². The Morgan fingerprint density at radius 3 is 1.55 bits per heavy atom. The van der Waals surface area contributed by atoms with Gasteiger partial charge >= 0.3 is 0 Å². The maximum Gasteiger partial charge on any atom is 0.212 e. The van der Waals surface area contributed by atoms with Gasteiger partial charge < -0.3 is 14.4 Å². The van der Waals surface area contributed by atoms with Gasteiger partial charge in [-0.25, -0.2) is 4.85 Å². The van der Waals surface area contributed by atoms with E-state index in [2.05, 4.69) is 128 Å². The highest BCUT2D eigenvalue weighted by Gasteiger charge is 2.27. The molecule has 0 aliphatic rings. The third-order valence-electron chi connectivity index (χ3n) is 9.78. The average Bonchev–Trinajstić information content (AvgIpc) is 3.56. The van der Waals surface area contributed by atoms with E-state index in [1.165, 1.54) is 0 Å². The van der Waals surface area contributed by atoms with Gasteiger partial charge in [-0.15, -0.1) is 0 Å². The molecule has 1 heterocycles. The molecular weight excluding hydrogens is 647 g/mol. The zero-order valence-corrected chi connectivity index (χ0v) is 28.6. The lowest BCUT2D eigenvalue weighted by molar-refractivity contribution is 1.14. The van der Waals surface area contributed by atoms with Crippen molar-refractivity contribution in [3.8, 4) is 11.8 Å². The van der Waals surface area contributed by atoms with Crippen LogP contribution in [-0.2, 0) is 0 Å². The molecular formula is C48H31N5. The molecule has 0 bridgehead atoms. The lowest BCUT2D eigenvalue weighted by Gasteiger charge is -2.31. The molecule has 0 saturated heterocycles. The SMILES string of the molecule is [C-]#[N+]c1ccc(C#N)c(-n2c3ccccc3c3ccccc32)c1N(c1ccc(N(c2ccccc2)c2ccccc2)cc1)c1ccc2ccccc2c1. The molecule has 0 N–H and O–H groups in total. The summed E-state index contributed by atoms with van der Waals surface area (Å²) in [5.41, 5.74) is 8.94. The maximum absolute atomic E-state index is 10.8. The third-order valence-corrected chi connectivity index (χ3v) is 9.78. The fraction of sp³-hybridized carbons (Fsp3) is 0. The smallest absolute Gasteiger partial charge is 0.212 e. The minimum Gasteiger partial charge on any atom is -0.318 e. The number of benzene rings is 8. The average molecular weight is 678 g/mol. The Morgan fingerprint density at radius 1 is 0.472 bits per heavy atom. The zero-order chi connectivity index (χ0) is 35.7. The van der Waals surface area contributed by atoms with Crippen molar-refractivity contribution in [1.82, 2.24) is 4.57 Å².